The van der Waals surface area contributed by atoms with Gasteiger partial charge in [0, 0.05) is 0 Å². The molecule has 1 radical (unpaired) electrons. The van der Waals surface area contributed by atoms with Gasteiger partial charge < -0.3 is 20.8 Å². The van der Waals surface area contributed by atoms with E-state index in [9.17, 15) is 9.59 Å². The Balaban J connectivity index is 3.90. The summed E-state index contributed by atoms with van der Waals surface area (Å²) >= 11 is 0. The van der Waals surface area contributed by atoms with Crippen LogP contribution in [0.25, 0.3) is 0 Å². The molecule has 19 heavy (non-hydrogen) atoms. The number of hydrogen-bond donors (Lipinski definition) is 2. The van der Waals surface area contributed by atoms with Crippen LogP contribution in [0, 0.1) is 11.8 Å². The van der Waals surface area contributed by atoms with Gasteiger partial charge >= 0.3 is 19.6 Å². The van der Waals surface area contributed by atoms with Crippen molar-refractivity contribution in [3.05, 3.63) is 0 Å². The third-order valence-electron chi connectivity index (χ3n) is 2.38. The molecule has 0 saturated heterocycles. The maximum atomic E-state index is 11.4. The van der Waals surface area contributed by atoms with Crippen molar-refractivity contribution >= 4 is 19.6 Å². The van der Waals surface area contributed by atoms with Gasteiger partial charge in [-0.2, -0.15) is 0 Å². The maximum Gasteiger partial charge on any atom is 0.662 e. The van der Waals surface area contributed by atoms with E-state index in [0.29, 0.717) is 20.5 Å². The van der Waals surface area contributed by atoms with E-state index < -0.39 is 24.0 Å². The molecule has 2 atom stereocenters. The first-order chi connectivity index (χ1) is 8.73. The monoisotopic (exact) mass is 271 g/mol. The maximum absolute atomic E-state index is 11.4. The molecule has 0 amide bonds. The van der Waals surface area contributed by atoms with E-state index in [1.165, 1.54) is 0 Å². The van der Waals surface area contributed by atoms with E-state index in [-0.39, 0.29) is 11.8 Å². The van der Waals surface area contributed by atoms with E-state index in [1.54, 1.807) is 0 Å². The summed E-state index contributed by atoms with van der Waals surface area (Å²) in [6.07, 6.45) is 1.01. The number of rotatable bonds is 8. The van der Waals surface area contributed by atoms with Gasteiger partial charge in [0.2, 0.25) is 0 Å². The summed E-state index contributed by atoms with van der Waals surface area (Å²) in [5.74, 6) is -0.688. The molecule has 0 aromatic heterocycles. The third kappa shape index (κ3) is 8.61. The average Bonchev–Trinajstić information content (AvgIpc) is 2.26. The van der Waals surface area contributed by atoms with Crippen molar-refractivity contribution in [2.75, 3.05) is 0 Å². The van der Waals surface area contributed by atoms with Crippen molar-refractivity contribution < 1.29 is 18.9 Å². The fourth-order valence-electron chi connectivity index (χ4n) is 1.50. The van der Waals surface area contributed by atoms with Crippen LogP contribution in [0.5, 0.6) is 0 Å². The molecule has 7 heteroatoms. The lowest BCUT2D eigenvalue weighted by atomic mass is 10.0. The molecule has 0 unspecified atom stereocenters. The summed E-state index contributed by atoms with van der Waals surface area (Å²) in [7, 11) is 0.699. The fourth-order valence-corrected chi connectivity index (χ4v) is 1.50. The van der Waals surface area contributed by atoms with Gasteiger partial charge in [-0.15, -0.1) is 0 Å². The Bertz CT molecular complexity index is 269. The van der Waals surface area contributed by atoms with Gasteiger partial charge in [0.1, 0.15) is 12.1 Å². The standard InChI is InChI=1S/C12H24BN2O4/c1-7(2)5-9(14)11(16)18-13-19-12(17)10(15)6-8(3)4/h7-10H,5-6,14-15H2,1-4H3/t9-,10-/m0/s1. The summed E-state index contributed by atoms with van der Waals surface area (Å²) < 4.78 is 9.29. The van der Waals surface area contributed by atoms with Crippen LogP contribution in [0.2, 0.25) is 0 Å². The number of carbonyl (C=O) groups excluding carboxylic acids is 2. The van der Waals surface area contributed by atoms with Gasteiger partial charge in [-0.1, -0.05) is 27.7 Å². The minimum atomic E-state index is -0.723. The molecule has 0 spiro atoms. The highest BCUT2D eigenvalue weighted by Crippen LogP contribution is 2.05. The summed E-state index contributed by atoms with van der Waals surface area (Å²) in [5, 5.41) is 0. The first-order valence-corrected chi connectivity index (χ1v) is 6.47. The lowest BCUT2D eigenvalue weighted by Gasteiger charge is -2.14. The predicted octanol–water partition coefficient (Wildman–Crippen LogP) is 0.354. The van der Waals surface area contributed by atoms with Gasteiger partial charge in [-0.3, -0.25) is 9.59 Å². The van der Waals surface area contributed by atoms with Crippen molar-refractivity contribution in [2.45, 2.75) is 52.6 Å². The van der Waals surface area contributed by atoms with E-state index in [2.05, 4.69) is 9.31 Å². The smallest absolute Gasteiger partial charge is 0.498 e. The average molecular weight is 271 g/mol. The Morgan fingerprint density at radius 1 is 0.895 bits per heavy atom. The quantitative estimate of drug-likeness (QED) is 0.617. The van der Waals surface area contributed by atoms with Gasteiger partial charge in [0.25, 0.3) is 0 Å². The highest BCUT2D eigenvalue weighted by molar-refractivity contribution is 6.26. The van der Waals surface area contributed by atoms with Gasteiger partial charge in [0.15, 0.2) is 0 Å². The minimum absolute atomic E-state index is 0.282. The summed E-state index contributed by atoms with van der Waals surface area (Å²) in [6, 6.07) is -1.45. The summed E-state index contributed by atoms with van der Waals surface area (Å²) in [4.78, 5) is 22.8. The minimum Gasteiger partial charge on any atom is -0.498 e. The normalized spacial score (nSPS) is 14.1. The first-order valence-electron chi connectivity index (χ1n) is 6.47. The van der Waals surface area contributed by atoms with E-state index in [4.69, 9.17) is 11.5 Å². The molecule has 0 heterocycles. The van der Waals surface area contributed by atoms with Crippen LogP contribution in [0.15, 0.2) is 0 Å². The largest absolute Gasteiger partial charge is 0.662 e. The SMILES string of the molecule is CC(C)C[C@H](N)C(=O)O[B]OC(=O)[C@@H](N)CC(C)C. The molecular formula is C12H24BN2O4. The lowest BCUT2D eigenvalue weighted by molar-refractivity contribution is -0.141. The molecule has 0 saturated carbocycles. The zero-order valence-corrected chi connectivity index (χ0v) is 12.1. The third-order valence-corrected chi connectivity index (χ3v) is 2.38. The van der Waals surface area contributed by atoms with Crippen LogP contribution in [0.1, 0.15) is 40.5 Å². The Labute approximate surface area is 115 Å². The molecule has 6 nitrogen and oxygen atoms in total. The molecular weight excluding hydrogens is 247 g/mol. The van der Waals surface area contributed by atoms with E-state index in [1.807, 2.05) is 27.7 Å². The van der Waals surface area contributed by atoms with Crippen LogP contribution in [-0.4, -0.2) is 31.7 Å². The fraction of sp³-hybridized carbons (Fsp3) is 0.833. The zero-order chi connectivity index (χ0) is 15.0. The molecule has 4 N–H and O–H groups in total. The second-order valence-corrected chi connectivity index (χ2v) is 5.44. The molecule has 109 valence electrons. The van der Waals surface area contributed by atoms with Gasteiger partial charge in [-0.25, -0.2) is 0 Å². The van der Waals surface area contributed by atoms with Crippen molar-refractivity contribution in [1.29, 1.82) is 0 Å². The number of carbonyl (C=O) groups is 2. The van der Waals surface area contributed by atoms with Crippen molar-refractivity contribution in [1.82, 2.24) is 0 Å². The zero-order valence-electron chi connectivity index (χ0n) is 12.1. The second kappa shape index (κ2) is 8.93. The topological polar surface area (TPSA) is 105 Å². The highest BCUT2D eigenvalue weighted by atomic mass is 16.6. The molecule has 0 aliphatic carbocycles. The first kappa shape index (κ1) is 17.9. The molecule has 0 aromatic carbocycles. The Kier molecular flexibility index (Phi) is 8.42. The van der Waals surface area contributed by atoms with Gasteiger partial charge in [0.05, 0.1) is 0 Å². The summed E-state index contributed by atoms with van der Waals surface area (Å²) in [6.45, 7) is 7.78. The van der Waals surface area contributed by atoms with Crippen LogP contribution in [0.3, 0.4) is 0 Å². The molecule has 0 bridgehead atoms. The number of nitrogens with two attached hydrogens (primary N) is 2. The molecule has 0 fully saturated rings. The predicted molar refractivity (Wildman–Crippen MR) is 72.8 cm³/mol. The molecule has 0 rings (SSSR count). The van der Waals surface area contributed by atoms with Crippen LogP contribution >= 0.6 is 0 Å². The number of hydrogen-bond acceptors (Lipinski definition) is 6. The lowest BCUT2D eigenvalue weighted by Crippen LogP contribution is -2.37. The van der Waals surface area contributed by atoms with Crippen LogP contribution in [-0.2, 0) is 18.9 Å². The summed E-state index contributed by atoms with van der Waals surface area (Å²) in [5.41, 5.74) is 11.2. The molecule has 0 aromatic rings. The van der Waals surface area contributed by atoms with E-state index in [0.717, 1.165) is 0 Å². The van der Waals surface area contributed by atoms with Crippen molar-refractivity contribution in [3.8, 4) is 0 Å². The van der Waals surface area contributed by atoms with Crippen LogP contribution in [0.4, 0.5) is 0 Å². The van der Waals surface area contributed by atoms with Crippen molar-refractivity contribution in [3.63, 3.8) is 0 Å². The van der Waals surface area contributed by atoms with Gasteiger partial charge in [-0.05, 0) is 24.7 Å². The Morgan fingerprint density at radius 3 is 1.47 bits per heavy atom. The Morgan fingerprint density at radius 2 is 1.21 bits per heavy atom. The van der Waals surface area contributed by atoms with Crippen molar-refractivity contribution in [2.24, 2.45) is 23.3 Å². The van der Waals surface area contributed by atoms with Crippen LogP contribution < -0.4 is 11.5 Å². The Hall–Kier alpha value is -1.08. The highest BCUT2D eigenvalue weighted by Gasteiger charge is 2.21. The second-order valence-electron chi connectivity index (χ2n) is 5.44. The van der Waals surface area contributed by atoms with E-state index >= 15 is 0 Å². The molecule has 0 aliphatic heterocycles. The molecule has 0 aliphatic rings.